The minimum absolute atomic E-state index is 0.234. The maximum Gasteiger partial charge on any atom is 0.336 e. The summed E-state index contributed by atoms with van der Waals surface area (Å²) >= 11 is 5.01. The molecule has 0 unspecified atom stereocenters. The van der Waals surface area contributed by atoms with Crippen molar-refractivity contribution >= 4 is 39.2 Å². The van der Waals surface area contributed by atoms with Crippen LogP contribution >= 0.6 is 27.3 Å². The lowest BCUT2D eigenvalue weighted by molar-refractivity contribution is -0.139. The number of carbonyl (C=O) groups excluding carboxylic acids is 2. The van der Waals surface area contributed by atoms with Crippen molar-refractivity contribution in [3.8, 4) is 21.8 Å². The molecule has 0 saturated heterocycles. The number of rotatable bonds is 7. The largest absolute Gasteiger partial charge is 0.463 e. The predicted octanol–water partition coefficient (Wildman–Crippen LogP) is 6.60. The second-order valence-corrected chi connectivity index (χ2v) is 10.0. The summed E-state index contributed by atoms with van der Waals surface area (Å²) in [5.74, 6) is -1.55. The Bertz CT molecular complexity index is 1320. The van der Waals surface area contributed by atoms with Gasteiger partial charge in [-0.25, -0.2) is 14.6 Å². The van der Waals surface area contributed by atoms with Crippen molar-refractivity contribution in [2.45, 2.75) is 33.6 Å². The van der Waals surface area contributed by atoms with E-state index in [2.05, 4.69) is 21.2 Å². The number of halogens is 1. The van der Waals surface area contributed by atoms with E-state index >= 15 is 0 Å². The second kappa shape index (κ2) is 11.2. The fraction of sp³-hybridized carbons (Fsp3) is 0.250. The number of dihydropyridines is 1. The van der Waals surface area contributed by atoms with Crippen molar-refractivity contribution in [1.29, 1.82) is 0 Å². The van der Waals surface area contributed by atoms with Gasteiger partial charge < -0.3 is 14.8 Å². The molecular weight excluding hydrogens is 540 g/mol. The fourth-order valence-electron chi connectivity index (χ4n) is 4.30. The maximum absolute atomic E-state index is 13.1. The molecule has 6 nitrogen and oxygen atoms in total. The molecule has 0 saturated carbocycles. The van der Waals surface area contributed by atoms with Crippen molar-refractivity contribution < 1.29 is 19.1 Å². The smallest absolute Gasteiger partial charge is 0.336 e. The van der Waals surface area contributed by atoms with E-state index < -0.39 is 17.9 Å². The Morgan fingerprint density at radius 3 is 2.14 bits per heavy atom. The number of esters is 2. The van der Waals surface area contributed by atoms with Crippen LogP contribution in [0.2, 0.25) is 0 Å². The third-order valence-electron chi connectivity index (χ3n) is 5.86. The zero-order chi connectivity index (χ0) is 25.8. The van der Waals surface area contributed by atoms with Gasteiger partial charge in [-0.3, -0.25) is 0 Å². The number of nitrogens with one attached hydrogen (secondary N) is 1. The molecule has 2 heterocycles. The molecule has 1 N–H and O–H groups in total. The zero-order valence-electron chi connectivity index (χ0n) is 20.6. The number of aromatic nitrogens is 1. The van der Waals surface area contributed by atoms with Gasteiger partial charge in [-0.1, -0.05) is 46.3 Å². The highest BCUT2D eigenvalue weighted by molar-refractivity contribution is 9.10. The van der Waals surface area contributed by atoms with Crippen LogP contribution in [0.4, 0.5) is 0 Å². The molecule has 0 amide bonds. The van der Waals surface area contributed by atoms with Crippen LogP contribution in [0, 0.1) is 0 Å². The molecular formula is C28H27BrN2O4S. The predicted molar refractivity (Wildman–Crippen MR) is 145 cm³/mol. The third-order valence-corrected chi connectivity index (χ3v) is 7.28. The van der Waals surface area contributed by atoms with E-state index in [0.29, 0.717) is 22.5 Å². The van der Waals surface area contributed by atoms with Crippen LogP contribution in [0.3, 0.4) is 0 Å². The monoisotopic (exact) mass is 566 g/mol. The molecule has 0 spiro atoms. The molecule has 1 aromatic heterocycles. The number of thiazole rings is 1. The first-order valence-corrected chi connectivity index (χ1v) is 13.4. The Hall–Kier alpha value is -3.23. The molecule has 36 heavy (non-hydrogen) atoms. The quantitative estimate of drug-likeness (QED) is 0.324. The first-order valence-electron chi connectivity index (χ1n) is 11.7. The van der Waals surface area contributed by atoms with E-state index in [-0.39, 0.29) is 13.2 Å². The SMILES string of the molecule is CCOC(=O)C1=C(C)NC(C)=C(C(=O)OCC)C1c1cccc(-c2nc(-c3ccc(Br)cc3)cs2)c1. The Balaban J connectivity index is 1.79. The standard InChI is InChI=1S/C28H27BrN2O4S/c1-5-34-27(32)23-16(3)30-17(4)24(28(33)35-6-2)25(23)19-8-7-9-20(14-19)26-31-22(15-36-26)18-10-12-21(29)13-11-18/h7-15,25,30H,5-6H2,1-4H3. The molecule has 8 heteroatoms. The van der Waals surface area contributed by atoms with Crippen molar-refractivity contribution in [2.75, 3.05) is 13.2 Å². The molecule has 1 aliphatic heterocycles. The number of nitrogens with zero attached hydrogens (tertiary/aromatic N) is 1. The summed E-state index contributed by atoms with van der Waals surface area (Å²) in [7, 11) is 0. The number of hydrogen-bond donors (Lipinski definition) is 1. The number of allylic oxidation sites excluding steroid dienone is 2. The van der Waals surface area contributed by atoms with Crippen molar-refractivity contribution in [3.63, 3.8) is 0 Å². The van der Waals surface area contributed by atoms with Crippen LogP contribution in [-0.2, 0) is 19.1 Å². The van der Waals surface area contributed by atoms with Gasteiger partial charge in [0.1, 0.15) is 5.01 Å². The van der Waals surface area contributed by atoms with Crippen LogP contribution < -0.4 is 5.32 Å². The minimum Gasteiger partial charge on any atom is -0.463 e. The van der Waals surface area contributed by atoms with Crippen LogP contribution in [0.15, 0.2) is 80.9 Å². The lowest BCUT2D eigenvalue weighted by Crippen LogP contribution is -2.32. The van der Waals surface area contributed by atoms with Gasteiger partial charge in [-0.05, 0) is 51.5 Å². The van der Waals surface area contributed by atoms with Crippen LogP contribution in [0.25, 0.3) is 21.8 Å². The summed E-state index contributed by atoms with van der Waals surface area (Å²) in [5, 5.41) is 6.05. The molecule has 2 aromatic carbocycles. The highest BCUT2D eigenvalue weighted by atomic mass is 79.9. The normalized spacial score (nSPS) is 14.0. The topological polar surface area (TPSA) is 77.5 Å². The molecule has 186 valence electrons. The Morgan fingerprint density at radius 2 is 1.56 bits per heavy atom. The van der Waals surface area contributed by atoms with Gasteiger partial charge in [-0.15, -0.1) is 11.3 Å². The number of hydrogen-bond acceptors (Lipinski definition) is 7. The summed E-state index contributed by atoms with van der Waals surface area (Å²) in [5.41, 5.74) is 5.72. The van der Waals surface area contributed by atoms with Gasteiger partial charge in [0.05, 0.1) is 36.0 Å². The van der Waals surface area contributed by atoms with Crippen molar-refractivity contribution in [3.05, 3.63) is 86.5 Å². The van der Waals surface area contributed by atoms with E-state index in [9.17, 15) is 9.59 Å². The lowest BCUT2D eigenvalue weighted by Gasteiger charge is -2.30. The van der Waals surface area contributed by atoms with E-state index in [1.807, 2.05) is 67.8 Å². The van der Waals surface area contributed by atoms with Gasteiger partial charge in [0.15, 0.2) is 0 Å². The van der Waals surface area contributed by atoms with Crippen molar-refractivity contribution in [1.82, 2.24) is 10.3 Å². The van der Waals surface area contributed by atoms with Gasteiger partial charge >= 0.3 is 11.9 Å². The first-order chi connectivity index (χ1) is 17.3. The number of carbonyl (C=O) groups is 2. The number of ether oxygens (including phenoxy) is 2. The Morgan fingerprint density at radius 1 is 0.944 bits per heavy atom. The van der Waals surface area contributed by atoms with Gasteiger partial charge in [0.25, 0.3) is 0 Å². The van der Waals surface area contributed by atoms with Gasteiger partial charge in [0.2, 0.25) is 0 Å². The fourth-order valence-corrected chi connectivity index (χ4v) is 5.39. The number of benzene rings is 2. The molecule has 0 bridgehead atoms. The molecule has 0 aliphatic carbocycles. The summed E-state index contributed by atoms with van der Waals surface area (Å²) in [6.45, 7) is 7.63. The molecule has 0 atom stereocenters. The lowest BCUT2D eigenvalue weighted by atomic mass is 9.80. The molecule has 0 fully saturated rings. The average Bonchev–Trinajstić information content (AvgIpc) is 3.35. The van der Waals surface area contributed by atoms with Crippen LogP contribution in [0.1, 0.15) is 39.2 Å². The molecule has 0 radical (unpaired) electrons. The Labute approximate surface area is 223 Å². The molecule has 1 aliphatic rings. The van der Waals surface area contributed by atoms with Crippen LogP contribution in [-0.4, -0.2) is 30.1 Å². The highest BCUT2D eigenvalue weighted by Crippen LogP contribution is 2.41. The van der Waals surface area contributed by atoms with E-state index in [0.717, 1.165) is 31.9 Å². The summed E-state index contributed by atoms with van der Waals surface area (Å²) < 4.78 is 11.8. The zero-order valence-corrected chi connectivity index (χ0v) is 23.0. The van der Waals surface area contributed by atoms with Crippen molar-refractivity contribution in [2.24, 2.45) is 0 Å². The summed E-state index contributed by atoms with van der Waals surface area (Å²) in [6.07, 6.45) is 0. The van der Waals surface area contributed by atoms with E-state index in [1.54, 1.807) is 25.2 Å². The minimum atomic E-state index is -0.629. The summed E-state index contributed by atoms with van der Waals surface area (Å²) in [6, 6.07) is 15.8. The van der Waals surface area contributed by atoms with Crippen LogP contribution in [0.5, 0.6) is 0 Å². The molecule has 4 rings (SSSR count). The first kappa shape index (κ1) is 25.9. The highest BCUT2D eigenvalue weighted by Gasteiger charge is 2.38. The second-order valence-electron chi connectivity index (χ2n) is 8.25. The van der Waals surface area contributed by atoms with Gasteiger partial charge in [0, 0.05) is 32.4 Å². The molecule has 3 aromatic rings. The average molecular weight is 568 g/mol. The van der Waals surface area contributed by atoms with Gasteiger partial charge in [-0.2, -0.15) is 0 Å². The maximum atomic E-state index is 13.1. The third kappa shape index (κ3) is 5.29. The van der Waals surface area contributed by atoms with E-state index in [1.165, 1.54) is 0 Å². The van der Waals surface area contributed by atoms with E-state index in [4.69, 9.17) is 14.5 Å². The summed E-state index contributed by atoms with van der Waals surface area (Å²) in [4.78, 5) is 31.0. The Kier molecular flexibility index (Phi) is 8.06.